The Bertz CT molecular complexity index is 990. The topological polar surface area (TPSA) is 71.1 Å². The van der Waals surface area contributed by atoms with E-state index in [2.05, 4.69) is 15.6 Å². The van der Waals surface area contributed by atoms with Gasteiger partial charge in [-0.15, -0.1) is 11.3 Å². The summed E-state index contributed by atoms with van der Waals surface area (Å²) in [5, 5.41) is 7.46. The Morgan fingerprint density at radius 1 is 1.07 bits per heavy atom. The summed E-state index contributed by atoms with van der Waals surface area (Å²) < 4.78 is 13.6. The molecule has 0 aliphatic carbocycles. The van der Waals surface area contributed by atoms with E-state index in [0.717, 1.165) is 22.0 Å². The van der Waals surface area contributed by atoms with E-state index in [9.17, 15) is 14.0 Å². The third kappa shape index (κ3) is 6.40. The van der Waals surface area contributed by atoms with Crippen LogP contribution < -0.4 is 10.6 Å². The second-order valence-electron chi connectivity index (χ2n) is 6.18. The zero-order valence-corrected chi connectivity index (χ0v) is 17.4. The van der Waals surface area contributed by atoms with Crippen LogP contribution in [0.4, 0.5) is 15.8 Å². The van der Waals surface area contributed by atoms with Gasteiger partial charge in [-0.2, -0.15) is 0 Å². The van der Waals surface area contributed by atoms with Crippen molar-refractivity contribution in [2.24, 2.45) is 0 Å². The minimum Gasteiger partial charge on any atom is -0.325 e. The van der Waals surface area contributed by atoms with E-state index in [0.29, 0.717) is 11.4 Å². The number of carbonyl (C=O) groups is 2. The first kappa shape index (κ1) is 21.0. The number of hydrogen-bond acceptors (Lipinski definition) is 5. The lowest BCUT2D eigenvalue weighted by molar-refractivity contribution is -0.116. The van der Waals surface area contributed by atoms with Gasteiger partial charge in [-0.05, 0) is 42.3 Å². The zero-order valence-electron chi connectivity index (χ0n) is 15.8. The SMILES string of the molecule is CCc1ccccc1NC(=O)Cc1csc(SCC(=O)Nc2ccc(F)cc2)n1. The van der Waals surface area contributed by atoms with E-state index < -0.39 is 0 Å². The van der Waals surface area contributed by atoms with Crippen molar-refractivity contribution in [2.75, 3.05) is 16.4 Å². The number of aryl methyl sites for hydroxylation is 1. The van der Waals surface area contributed by atoms with Gasteiger partial charge in [-0.25, -0.2) is 9.37 Å². The molecule has 0 unspecified atom stereocenters. The van der Waals surface area contributed by atoms with Crippen molar-refractivity contribution in [3.8, 4) is 0 Å². The van der Waals surface area contributed by atoms with Crippen molar-refractivity contribution in [2.45, 2.75) is 24.1 Å². The first-order valence-corrected chi connectivity index (χ1v) is 10.9. The summed E-state index contributed by atoms with van der Waals surface area (Å²) in [6.45, 7) is 2.04. The lowest BCUT2D eigenvalue weighted by atomic mass is 10.1. The monoisotopic (exact) mass is 429 g/mol. The van der Waals surface area contributed by atoms with Crippen molar-refractivity contribution < 1.29 is 14.0 Å². The molecule has 2 aromatic carbocycles. The fraction of sp³-hybridized carbons (Fsp3) is 0.190. The number of anilines is 2. The predicted molar refractivity (Wildman–Crippen MR) is 116 cm³/mol. The Kier molecular flexibility index (Phi) is 7.37. The molecule has 0 bridgehead atoms. The highest BCUT2D eigenvalue weighted by atomic mass is 32.2. The number of para-hydroxylation sites is 1. The number of benzene rings is 2. The van der Waals surface area contributed by atoms with Gasteiger partial charge in [0, 0.05) is 16.8 Å². The number of hydrogen-bond donors (Lipinski definition) is 2. The van der Waals surface area contributed by atoms with Crippen LogP contribution >= 0.6 is 23.1 Å². The van der Waals surface area contributed by atoms with Crippen LogP contribution in [-0.2, 0) is 22.4 Å². The summed E-state index contributed by atoms with van der Waals surface area (Å²) in [5.41, 5.74) is 3.12. The van der Waals surface area contributed by atoms with Crippen LogP contribution in [0.25, 0.3) is 0 Å². The van der Waals surface area contributed by atoms with Crippen LogP contribution in [0.2, 0.25) is 0 Å². The number of thiazole rings is 1. The molecule has 29 heavy (non-hydrogen) atoms. The number of amides is 2. The average Bonchev–Trinajstić information content (AvgIpc) is 3.16. The molecule has 3 aromatic rings. The number of carbonyl (C=O) groups excluding carboxylic acids is 2. The number of nitrogens with zero attached hydrogens (tertiary/aromatic N) is 1. The maximum Gasteiger partial charge on any atom is 0.234 e. The largest absolute Gasteiger partial charge is 0.325 e. The molecule has 150 valence electrons. The maximum absolute atomic E-state index is 12.9. The Balaban J connectivity index is 1.48. The van der Waals surface area contributed by atoms with Gasteiger partial charge >= 0.3 is 0 Å². The molecule has 0 saturated heterocycles. The molecular formula is C21H20FN3O2S2. The van der Waals surface area contributed by atoms with Crippen molar-refractivity contribution >= 4 is 46.3 Å². The second kappa shape index (κ2) is 10.2. The Hall–Kier alpha value is -2.71. The van der Waals surface area contributed by atoms with Crippen LogP contribution in [0.1, 0.15) is 18.2 Å². The van der Waals surface area contributed by atoms with Gasteiger partial charge in [0.1, 0.15) is 5.82 Å². The highest BCUT2D eigenvalue weighted by Gasteiger charge is 2.11. The Labute approximate surface area is 176 Å². The lowest BCUT2D eigenvalue weighted by Crippen LogP contribution is -2.15. The normalized spacial score (nSPS) is 10.6. The van der Waals surface area contributed by atoms with Crippen molar-refractivity contribution in [1.29, 1.82) is 0 Å². The smallest absolute Gasteiger partial charge is 0.234 e. The van der Waals surface area contributed by atoms with E-state index in [-0.39, 0.29) is 29.8 Å². The van der Waals surface area contributed by atoms with Gasteiger partial charge in [-0.3, -0.25) is 9.59 Å². The van der Waals surface area contributed by atoms with Crippen molar-refractivity contribution in [1.82, 2.24) is 4.98 Å². The molecule has 5 nitrogen and oxygen atoms in total. The number of nitrogens with one attached hydrogen (secondary N) is 2. The third-order valence-electron chi connectivity index (χ3n) is 4.00. The molecule has 0 aliphatic rings. The number of thioether (sulfide) groups is 1. The van der Waals surface area contributed by atoms with Gasteiger partial charge in [0.25, 0.3) is 0 Å². The highest BCUT2D eigenvalue weighted by Crippen LogP contribution is 2.23. The molecular weight excluding hydrogens is 409 g/mol. The highest BCUT2D eigenvalue weighted by molar-refractivity contribution is 8.01. The zero-order chi connectivity index (χ0) is 20.6. The lowest BCUT2D eigenvalue weighted by Gasteiger charge is -2.08. The molecule has 0 aliphatic heterocycles. The van der Waals surface area contributed by atoms with Crippen LogP contribution in [0.15, 0.2) is 58.3 Å². The van der Waals surface area contributed by atoms with Crippen LogP contribution in [0.3, 0.4) is 0 Å². The van der Waals surface area contributed by atoms with E-state index >= 15 is 0 Å². The number of aromatic nitrogens is 1. The predicted octanol–water partition coefficient (Wildman–Crippen LogP) is 4.76. The summed E-state index contributed by atoms with van der Waals surface area (Å²) in [7, 11) is 0. The molecule has 2 amide bonds. The standard InChI is InChI=1S/C21H20FN3O2S2/c1-2-14-5-3-4-6-18(14)25-19(26)11-17-12-28-21(24-17)29-13-20(27)23-16-9-7-15(22)8-10-16/h3-10,12H,2,11,13H2,1H3,(H,23,27)(H,25,26). The van der Waals surface area contributed by atoms with E-state index in [4.69, 9.17) is 0 Å². The van der Waals surface area contributed by atoms with E-state index in [1.165, 1.54) is 47.4 Å². The van der Waals surface area contributed by atoms with Gasteiger partial charge < -0.3 is 10.6 Å². The molecule has 8 heteroatoms. The number of halogens is 1. The summed E-state index contributed by atoms with van der Waals surface area (Å²) >= 11 is 2.70. The molecule has 1 heterocycles. The first-order valence-electron chi connectivity index (χ1n) is 9.04. The molecule has 2 N–H and O–H groups in total. The van der Waals surface area contributed by atoms with Gasteiger partial charge in [-0.1, -0.05) is 36.9 Å². The van der Waals surface area contributed by atoms with E-state index in [1.54, 1.807) is 0 Å². The third-order valence-corrected chi connectivity index (χ3v) is 6.07. The van der Waals surface area contributed by atoms with Gasteiger partial charge in [0.2, 0.25) is 11.8 Å². The molecule has 0 saturated carbocycles. The van der Waals surface area contributed by atoms with Gasteiger partial charge in [0.15, 0.2) is 4.34 Å². The fourth-order valence-corrected chi connectivity index (χ4v) is 4.25. The molecule has 0 radical (unpaired) electrons. The summed E-state index contributed by atoms with van der Waals surface area (Å²) in [6.07, 6.45) is 1.02. The van der Waals surface area contributed by atoms with Crippen molar-refractivity contribution in [3.05, 3.63) is 71.0 Å². The van der Waals surface area contributed by atoms with Crippen LogP contribution in [0.5, 0.6) is 0 Å². The maximum atomic E-state index is 12.9. The summed E-state index contributed by atoms with van der Waals surface area (Å²) in [5.74, 6) is -0.496. The summed E-state index contributed by atoms with van der Waals surface area (Å²) in [4.78, 5) is 28.7. The average molecular weight is 430 g/mol. The van der Waals surface area contributed by atoms with Crippen LogP contribution in [-0.4, -0.2) is 22.6 Å². The van der Waals surface area contributed by atoms with Crippen LogP contribution in [0, 0.1) is 5.82 Å². The minimum absolute atomic E-state index is 0.123. The number of rotatable bonds is 8. The summed E-state index contributed by atoms with van der Waals surface area (Å²) in [6, 6.07) is 13.3. The minimum atomic E-state index is -0.352. The van der Waals surface area contributed by atoms with Crippen molar-refractivity contribution in [3.63, 3.8) is 0 Å². The second-order valence-corrected chi connectivity index (χ2v) is 8.26. The molecule has 3 rings (SSSR count). The first-order chi connectivity index (χ1) is 14.0. The molecule has 0 fully saturated rings. The Morgan fingerprint density at radius 2 is 1.83 bits per heavy atom. The van der Waals surface area contributed by atoms with E-state index in [1.807, 2.05) is 36.6 Å². The Morgan fingerprint density at radius 3 is 2.59 bits per heavy atom. The van der Waals surface area contributed by atoms with Gasteiger partial charge in [0.05, 0.1) is 17.9 Å². The molecule has 0 spiro atoms. The molecule has 1 aromatic heterocycles. The molecule has 0 atom stereocenters. The quantitative estimate of drug-likeness (QED) is 0.507. The fourth-order valence-electron chi connectivity index (χ4n) is 2.60.